The molecular formula is C21H24ClF2N5O. The van der Waals surface area contributed by atoms with Gasteiger partial charge in [0, 0.05) is 36.6 Å². The standard InChI is InChI=1S/C21H24ClF2N5O/c1-28-11-17(21(23,24)13-28)27-18(30)12-29(2)20(15-7-9-26-10-8-15)19(25)14-3-5-16(22)6-4-14/h3-10,17H,11-13,25H2,1-2H3,(H,27,30)/b20-19-. The van der Waals surface area contributed by atoms with Gasteiger partial charge in [-0.1, -0.05) is 23.7 Å². The van der Waals surface area contributed by atoms with Gasteiger partial charge in [-0.2, -0.15) is 0 Å². The summed E-state index contributed by atoms with van der Waals surface area (Å²) in [6.45, 7) is -0.413. The molecule has 1 saturated heterocycles. The third-order valence-corrected chi connectivity index (χ3v) is 5.20. The molecule has 0 aliphatic carbocycles. The van der Waals surface area contributed by atoms with Crippen molar-refractivity contribution in [1.82, 2.24) is 20.1 Å². The lowest BCUT2D eigenvalue weighted by Gasteiger charge is -2.26. The van der Waals surface area contributed by atoms with Crippen LogP contribution in [0.5, 0.6) is 0 Å². The predicted octanol–water partition coefficient (Wildman–Crippen LogP) is 2.52. The maximum Gasteiger partial charge on any atom is 0.281 e. The molecule has 2 heterocycles. The molecular weight excluding hydrogens is 412 g/mol. The lowest BCUT2D eigenvalue weighted by molar-refractivity contribution is -0.124. The summed E-state index contributed by atoms with van der Waals surface area (Å²) >= 11 is 5.97. The van der Waals surface area contributed by atoms with Gasteiger partial charge in [0.2, 0.25) is 5.91 Å². The van der Waals surface area contributed by atoms with E-state index in [-0.39, 0.29) is 19.6 Å². The Morgan fingerprint density at radius 1 is 1.27 bits per heavy atom. The van der Waals surface area contributed by atoms with Crippen molar-refractivity contribution in [2.75, 3.05) is 33.7 Å². The number of nitrogens with zero attached hydrogens (tertiary/aromatic N) is 3. The summed E-state index contributed by atoms with van der Waals surface area (Å²) < 4.78 is 28.1. The number of rotatable bonds is 6. The molecule has 160 valence electrons. The number of hydrogen-bond donors (Lipinski definition) is 2. The van der Waals surface area contributed by atoms with E-state index in [9.17, 15) is 13.6 Å². The minimum Gasteiger partial charge on any atom is -0.397 e. The van der Waals surface area contributed by atoms with Gasteiger partial charge in [0.05, 0.1) is 24.5 Å². The fourth-order valence-corrected chi connectivity index (χ4v) is 3.65. The Labute approximate surface area is 179 Å². The van der Waals surface area contributed by atoms with Crippen LogP contribution in [-0.2, 0) is 4.79 Å². The van der Waals surface area contributed by atoms with Crippen LogP contribution in [0.25, 0.3) is 11.4 Å². The van der Waals surface area contributed by atoms with Gasteiger partial charge in [0.1, 0.15) is 6.04 Å². The molecule has 1 aromatic carbocycles. The van der Waals surface area contributed by atoms with E-state index in [4.69, 9.17) is 17.3 Å². The summed E-state index contributed by atoms with van der Waals surface area (Å²) in [5.41, 5.74) is 8.93. The monoisotopic (exact) mass is 435 g/mol. The topological polar surface area (TPSA) is 74.5 Å². The average molecular weight is 436 g/mol. The van der Waals surface area contributed by atoms with Crippen molar-refractivity contribution in [3.63, 3.8) is 0 Å². The Kier molecular flexibility index (Phi) is 6.58. The van der Waals surface area contributed by atoms with E-state index in [0.29, 0.717) is 16.4 Å². The van der Waals surface area contributed by atoms with E-state index >= 15 is 0 Å². The number of nitrogens with one attached hydrogen (secondary N) is 1. The zero-order valence-electron chi connectivity index (χ0n) is 16.8. The smallest absolute Gasteiger partial charge is 0.281 e. The molecule has 1 amide bonds. The molecule has 0 spiro atoms. The Bertz CT molecular complexity index is 921. The number of aromatic nitrogens is 1. The predicted molar refractivity (Wildman–Crippen MR) is 114 cm³/mol. The summed E-state index contributed by atoms with van der Waals surface area (Å²) in [7, 11) is 3.29. The summed E-state index contributed by atoms with van der Waals surface area (Å²) in [4.78, 5) is 19.7. The first kappa shape index (κ1) is 22.0. The highest BCUT2D eigenvalue weighted by Crippen LogP contribution is 2.28. The zero-order chi connectivity index (χ0) is 21.9. The van der Waals surface area contributed by atoms with Gasteiger partial charge in [-0.3, -0.25) is 14.7 Å². The molecule has 6 nitrogen and oxygen atoms in total. The van der Waals surface area contributed by atoms with Crippen molar-refractivity contribution in [2.24, 2.45) is 5.73 Å². The molecule has 9 heteroatoms. The molecule has 1 atom stereocenters. The van der Waals surface area contributed by atoms with Crippen molar-refractivity contribution in [2.45, 2.75) is 12.0 Å². The van der Waals surface area contributed by atoms with Crippen LogP contribution in [0.4, 0.5) is 8.78 Å². The Balaban J connectivity index is 1.84. The number of carbonyl (C=O) groups is 1. The van der Waals surface area contributed by atoms with Crippen LogP contribution in [0, 0.1) is 0 Å². The summed E-state index contributed by atoms with van der Waals surface area (Å²) in [6, 6.07) is 9.33. The van der Waals surface area contributed by atoms with E-state index in [0.717, 1.165) is 11.1 Å². The highest BCUT2D eigenvalue weighted by molar-refractivity contribution is 6.30. The summed E-state index contributed by atoms with van der Waals surface area (Å²) in [6.07, 6.45) is 3.24. The van der Waals surface area contributed by atoms with Crippen molar-refractivity contribution >= 4 is 28.9 Å². The maximum atomic E-state index is 14.0. The third kappa shape index (κ3) is 5.06. The maximum absolute atomic E-state index is 14.0. The van der Waals surface area contributed by atoms with E-state index in [2.05, 4.69) is 10.3 Å². The molecule has 2 aromatic rings. The second kappa shape index (κ2) is 8.97. The van der Waals surface area contributed by atoms with Crippen molar-refractivity contribution in [3.05, 3.63) is 64.9 Å². The third-order valence-electron chi connectivity index (χ3n) is 4.95. The van der Waals surface area contributed by atoms with E-state index in [1.54, 1.807) is 67.8 Å². The molecule has 1 aliphatic heterocycles. The second-order valence-electron chi connectivity index (χ2n) is 7.44. The van der Waals surface area contributed by atoms with Gasteiger partial charge >= 0.3 is 0 Å². The van der Waals surface area contributed by atoms with Gasteiger partial charge in [0.15, 0.2) is 0 Å². The summed E-state index contributed by atoms with van der Waals surface area (Å²) in [5, 5.41) is 3.03. The number of halogens is 3. The van der Waals surface area contributed by atoms with Gasteiger partial charge < -0.3 is 16.0 Å². The van der Waals surface area contributed by atoms with Crippen LogP contribution in [0.1, 0.15) is 11.1 Å². The van der Waals surface area contributed by atoms with Gasteiger partial charge in [-0.15, -0.1) is 0 Å². The SMILES string of the molecule is CN1CC(NC(=O)CN(C)/C(=C(\N)c2ccc(Cl)cc2)c2ccncc2)C(F)(F)C1. The Morgan fingerprint density at radius 2 is 1.90 bits per heavy atom. The number of alkyl halides is 2. The molecule has 3 N–H and O–H groups in total. The average Bonchev–Trinajstić information content (AvgIpc) is 2.94. The van der Waals surface area contributed by atoms with Crippen molar-refractivity contribution < 1.29 is 13.6 Å². The molecule has 1 aliphatic rings. The molecule has 30 heavy (non-hydrogen) atoms. The highest BCUT2D eigenvalue weighted by Gasteiger charge is 2.47. The van der Waals surface area contributed by atoms with E-state index in [1.807, 2.05) is 0 Å². The van der Waals surface area contributed by atoms with Gasteiger partial charge in [-0.25, -0.2) is 8.78 Å². The van der Waals surface area contributed by atoms with Crippen LogP contribution in [0.15, 0.2) is 48.8 Å². The summed E-state index contributed by atoms with van der Waals surface area (Å²) in [5.74, 6) is -3.47. The fourth-order valence-electron chi connectivity index (χ4n) is 3.52. The fraction of sp³-hybridized carbons (Fsp3) is 0.333. The van der Waals surface area contributed by atoms with E-state index in [1.165, 1.54) is 4.90 Å². The normalized spacial score (nSPS) is 19.3. The minimum atomic E-state index is -2.96. The largest absolute Gasteiger partial charge is 0.397 e. The first-order valence-electron chi connectivity index (χ1n) is 9.40. The van der Waals surface area contributed by atoms with Crippen LogP contribution in [0.2, 0.25) is 5.02 Å². The molecule has 0 radical (unpaired) electrons. The number of likely N-dealkylation sites (tertiary alicyclic amines) is 1. The quantitative estimate of drug-likeness (QED) is 0.729. The number of likely N-dealkylation sites (N-methyl/N-ethyl adjacent to an activating group) is 2. The van der Waals surface area contributed by atoms with Gasteiger partial charge in [0.25, 0.3) is 5.92 Å². The lowest BCUT2D eigenvalue weighted by Crippen LogP contribution is -2.49. The van der Waals surface area contributed by atoms with Gasteiger partial charge in [-0.05, 0) is 36.9 Å². The Morgan fingerprint density at radius 3 is 2.47 bits per heavy atom. The number of benzene rings is 1. The molecule has 0 bridgehead atoms. The molecule has 1 fully saturated rings. The number of hydrogen-bond acceptors (Lipinski definition) is 5. The number of nitrogens with two attached hydrogens (primary N) is 1. The number of carbonyl (C=O) groups excluding carboxylic acids is 1. The lowest BCUT2D eigenvalue weighted by atomic mass is 10.1. The van der Waals surface area contributed by atoms with Crippen molar-refractivity contribution in [3.8, 4) is 0 Å². The first-order chi connectivity index (χ1) is 14.2. The highest BCUT2D eigenvalue weighted by atomic mass is 35.5. The van der Waals surface area contributed by atoms with E-state index < -0.39 is 17.9 Å². The molecule has 1 aromatic heterocycles. The number of amides is 1. The van der Waals surface area contributed by atoms with Crippen molar-refractivity contribution in [1.29, 1.82) is 0 Å². The Hall–Kier alpha value is -2.71. The first-order valence-corrected chi connectivity index (χ1v) is 9.78. The van der Waals surface area contributed by atoms with Crippen LogP contribution >= 0.6 is 11.6 Å². The van der Waals surface area contributed by atoms with Crippen LogP contribution in [0.3, 0.4) is 0 Å². The van der Waals surface area contributed by atoms with Crippen LogP contribution in [-0.4, -0.2) is 66.4 Å². The minimum absolute atomic E-state index is 0.0996. The second-order valence-corrected chi connectivity index (χ2v) is 7.88. The molecule has 0 saturated carbocycles. The zero-order valence-corrected chi connectivity index (χ0v) is 17.5. The number of pyridine rings is 1. The molecule has 1 unspecified atom stereocenters. The molecule has 3 rings (SSSR count). The van der Waals surface area contributed by atoms with Crippen LogP contribution < -0.4 is 11.1 Å².